The molecule has 3 N–H and O–H groups in total. The third-order valence-corrected chi connectivity index (χ3v) is 2.48. The Morgan fingerprint density at radius 2 is 1.95 bits per heavy atom. The molecule has 2 rings (SSSR count). The number of aromatic hydroxyl groups is 1. The summed E-state index contributed by atoms with van der Waals surface area (Å²) in [4.78, 5) is 26.4. The number of carboxylic acids is 1. The van der Waals surface area contributed by atoms with E-state index in [1.54, 1.807) is 0 Å². The smallest absolute Gasteiger partial charge is 0.356 e. The Bertz CT molecular complexity index is 668. The van der Waals surface area contributed by atoms with E-state index in [0.29, 0.717) is 0 Å². The molecule has 0 bridgehead atoms. The second-order valence-electron chi connectivity index (χ2n) is 3.79. The zero-order chi connectivity index (χ0) is 14.7. The Morgan fingerprint density at radius 3 is 2.60 bits per heavy atom. The van der Waals surface area contributed by atoms with Crippen molar-refractivity contribution in [3.8, 4) is 5.75 Å². The lowest BCUT2D eigenvalue weighted by Gasteiger charge is -2.09. The van der Waals surface area contributed by atoms with Gasteiger partial charge in [0.1, 0.15) is 17.1 Å². The molecule has 0 aliphatic heterocycles. The summed E-state index contributed by atoms with van der Waals surface area (Å²) >= 11 is 0. The minimum atomic E-state index is -1.33. The van der Waals surface area contributed by atoms with Crippen LogP contribution < -0.4 is 5.32 Å². The minimum absolute atomic E-state index is 0.0901. The number of benzene rings is 1. The van der Waals surface area contributed by atoms with E-state index in [9.17, 15) is 19.1 Å². The Morgan fingerprint density at radius 1 is 1.20 bits per heavy atom. The number of carbonyl (C=O) groups is 2. The van der Waals surface area contributed by atoms with Crippen LogP contribution in [0.15, 0.2) is 36.5 Å². The van der Waals surface area contributed by atoms with Crippen LogP contribution in [0, 0.1) is 5.82 Å². The molecule has 102 valence electrons. The SMILES string of the molecule is O=C(O)c1ncccc1NC(=O)c1c(O)cccc1F. The van der Waals surface area contributed by atoms with Gasteiger partial charge in [0.2, 0.25) is 0 Å². The molecule has 20 heavy (non-hydrogen) atoms. The molecule has 0 unspecified atom stereocenters. The van der Waals surface area contributed by atoms with Gasteiger partial charge in [-0.25, -0.2) is 14.2 Å². The monoisotopic (exact) mass is 276 g/mol. The number of hydrogen-bond acceptors (Lipinski definition) is 4. The zero-order valence-corrected chi connectivity index (χ0v) is 10.0. The van der Waals surface area contributed by atoms with Crippen molar-refractivity contribution in [3.63, 3.8) is 0 Å². The van der Waals surface area contributed by atoms with Crippen LogP contribution in [0.2, 0.25) is 0 Å². The summed E-state index contributed by atoms with van der Waals surface area (Å²) in [5.74, 6) is -3.75. The van der Waals surface area contributed by atoms with Gasteiger partial charge in [0.05, 0.1) is 5.69 Å². The van der Waals surface area contributed by atoms with E-state index in [1.807, 2.05) is 0 Å². The first-order valence-corrected chi connectivity index (χ1v) is 5.48. The summed E-state index contributed by atoms with van der Waals surface area (Å²) in [7, 11) is 0. The van der Waals surface area contributed by atoms with Gasteiger partial charge >= 0.3 is 5.97 Å². The third-order valence-electron chi connectivity index (χ3n) is 2.48. The second kappa shape index (κ2) is 5.35. The van der Waals surface area contributed by atoms with Gasteiger partial charge in [0.25, 0.3) is 5.91 Å². The maximum atomic E-state index is 13.5. The Labute approximate surface area is 112 Å². The van der Waals surface area contributed by atoms with E-state index in [2.05, 4.69) is 10.3 Å². The minimum Gasteiger partial charge on any atom is -0.507 e. The maximum Gasteiger partial charge on any atom is 0.356 e. The summed E-state index contributed by atoms with van der Waals surface area (Å²) in [5.41, 5.74) is -1.03. The highest BCUT2D eigenvalue weighted by Gasteiger charge is 2.19. The summed E-state index contributed by atoms with van der Waals surface area (Å²) in [6.45, 7) is 0. The Hall–Kier alpha value is -2.96. The first-order valence-electron chi connectivity index (χ1n) is 5.48. The highest BCUT2D eigenvalue weighted by molar-refractivity contribution is 6.08. The van der Waals surface area contributed by atoms with Crippen LogP contribution in [-0.2, 0) is 0 Å². The fourth-order valence-electron chi connectivity index (χ4n) is 1.60. The maximum absolute atomic E-state index is 13.5. The van der Waals surface area contributed by atoms with E-state index in [-0.39, 0.29) is 11.4 Å². The molecule has 6 nitrogen and oxygen atoms in total. The molecule has 1 heterocycles. The zero-order valence-electron chi connectivity index (χ0n) is 10.0. The number of nitrogens with one attached hydrogen (secondary N) is 1. The third kappa shape index (κ3) is 2.56. The highest BCUT2D eigenvalue weighted by atomic mass is 19.1. The van der Waals surface area contributed by atoms with Crippen LogP contribution in [0.3, 0.4) is 0 Å². The predicted octanol–water partition coefficient (Wildman–Crippen LogP) is 1.88. The number of aromatic carboxylic acids is 1. The molecule has 7 heteroatoms. The topological polar surface area (TPSA) is 99.5 Å². The molecule has 0 aliphatic rings. The van der Waals surface area contributed by atoms with Gasteiger partial charge in [-0.05, 0) is 24.3 Å². The Balaban J connectivity index is 2.36. The van der Waals surface area contributed by atoms with Gasteiger partial charge < -0.3 is 15.5 Å². The van der Waals surface area contributed by atoms with Crippen molar-refractivity contribution < 1.29 is 24.2 Å². The van der Waals surface area contributed by atoms with Crippen molar-refractivity contribution in [2.24, 2.45) is 0 Å². The van der Waals surface area contributed by atoms with Crippen LogP contribution >= 0.6 is 0 Å². The number of anilines is 1. The number of amides is 1. The van der Waals surface area contributed by atoms with E-state index >= 15 is 0 Å². The van der Waals surface area contributed by atoms with Crippen LogP contribution in [-0.4, -0.2) is 27.1 Å². The molecule has 0 atom stereocenters. The molecular formula is C13H9FN2O4. The number of phenolic OH excluding ortho intramolecular Hbond substituents is 1. The number of rotatable bonds is 3. The van der Waals surface area contributed by atoms with Crippen molar-refractivity contribution >= 4 is 17.6 Å². The van der Waals surface area contributed by atoms with Crippen LogP contribution in [0.5, 0.6) is 5.75 Å². The van der Waals surface area contributed by atoms with E-state index in [1.165, 1.54) is 24.4 Å². The van der Waals surface area contributed by atoms with E-state index in [4.69, 9.17) is 5.11 Å². The number of nitrogens with zero attached hydrogens (tertiary/aromatic N) is 1. The van der Waals surface area contributed by atoms with Gasteiger partial charge in [-0.3, -0.25) is 4.79 Å². The largest absolute Gasteiger partial charge is 0.507 e. The molecule has 0 radical (unpaired) electrons. The van der Waals surface area contributed by atoms with Gasteiger partial charge in [0, 0.05) is 6.20 Å². The standard InChI is InChI=1S/C13H9FN2O4/c14-7-3-1-5-9(17)10(7)12(18)16-8-4-2-6-15-11(8)13(19)20/h1-6,17H,(H,16,18)(H,19,20). The quantitative estimate of drug-likeness (QED) is 0.794. The van der Waals surface area contributed by atoms with Gasteiger partial charge in [-0.15, -0.1) is 0 Å². The van der Waals surface area contributed by atoms with Crippen LogP contribution in [0.1, 0.15) is 20.8 Å². The van der Waals surface area contributed by atoms with Gasteiger partial charge in [-0.2, -0.15) is 0 Å². The summed E-state index contributed by atoms with van der Waals surface area (Å²) in [6, 6.07) is 6.14. The normalized spacial score (nSPS) is 10.1. The van der Waals surface area contributed by atoms with Gasteiger partial charge in [0.15, 0.2) is 5.69 Å². The number of aromatic nitrogens is 1. The number of carbonyl (C=O) groups excluding carboxylic acids is 1. The number of halogens is 1. The number of phenols is 1. The van der Waals surface area contributed by atoms with Crippen molar-refractivity contribution in [1.29, 1.82) is 0 Å². The molecule has 2 aromatic rings. The van der Waals surface area contributed by atoms with Crippen molar-refractivity contribution in [3.05, 3.63) is 53.6 Å². The molecular weight excluding hydrogens is 267 g/mol. The van der Waals surface area contributed by atoms with Crippen LogP contribution in [0.4, 0.5) is 10.1 Å². The Kier molecular flexibility index (Phi) is 3.60. The second-order valence-corrected chi connectivity index (χ2v) is 3.79. The summed E-state index contributed by atoms with van der Waals surface area (Å²) in [5, 5.41) is 20.6. The molecule has 0 saturated carbocycles. The van der Waals surface area contributed by atoms with E-state index < -0.39 is 29.0 Å². The average molecular weight is 276 g/mol. The average Bonchev–Trinajstić information content (AvgIpc) is 2.38. The first kappa shape index (κ1) is 13.5. The lowest BCUT2D eigenvalue weighted by Crippen LogP contribution is -2.17. The molecule has 0 spiro atoms. The summed E-state index contributed by atoms with van der Waals surface area (Å²) < 4.78 is 13.5. The summed E-state index contributed by atoms with van der Waals surface area (Å²) in [6.07, 6.45) is 1.25. The molecule has 0 saturated heterocycles. The van der Waals surface area contributed by atoms with E-state index in [0.717, 1.165) is 12.1 Å². The predicted molar refractivity (Wildman–Crippen MR) is 67.2 cm³/mol. The lowest BCUT2D eigenvalue weighted by atomic mass is 10.1. The van der Waals surface area contributed by atoms with Crippen LogP contribution in [0.25, 0.3) is 0 Å². The molecule has 1 amide bonds. The fourth-order valence-corrected chi connectivity index (χ4v) is 1.60. The lowest BCUT2D eigenvalue weighted by molar-refractivity contribution is 0.0691. The molecule has 1 aromatic heterocycles. The number of hydrogen-bond donors (Lipinski definition) is 3. The number of carboxylic acid groups (broad SMARTS) is 1. The highest BCUT2D eigenvalue weighted by Crippen LogP contribution is 2.22. The molecule has 0 aliphatic carbocycles. The van der Waals surface area contributed by atoms with Crippen molar-refractivity contribution in [2.75, 3.05) is 5.32 Å². The number of pyridine rings is 1. The molecule has 0 fully saturated rings. The molecule has 1 aromatic carbocycles. The van der Waals surface area contributed by atoms with Crippen molar-refractivity contribution in [2.45, 2.75) is 0 Å². The van der Waals surface area contributed by atoms with Crippen molar-refractivity contribution in [1.82, 2.24) is 4.98 Å². The fraction of sp³-hybridized carbons (Fsp3) is 0. The first-order chi connectivity index (χ1) is 9.50. The van der Waals surface area contributed by atoms with Gasteiger partial charge in [-0.1, -0.05) is 6.07 Å².